The number of esters is 1. The Bertz CT molecular complexity index is 596. The molecule has 0 bridgehead atoms. The van der Waals surface area contributed by atoms with Gasteiger partial charge in [0.15, 0.2) is 0 Å². The molecule has 1 rings (SSSR count). The van der Waals surface area contributed by atoms with Crippen LogP contribution in [0.15, 0.2) is 0 Å². The van der Waals surface area contributed by atoms with Crippen LogP contribution in [0.1, 0.15) is 130 Å². The molecule has 1 fully saturated rings. The first-order chi connectivity index (χ1) is 16.8. The lowest BCUT2D eigenvalue weighted by atomic mass is 10.0. The van der Waals surface area contributed by atoms with E-state index < -0.39 is 18.3 Å². The van der Waals surface area contributed by atoms with Crippen molar-refractivity contribution in [3.8, 4) is 0 Å². The summed E-state index contributed by atoms with van der Waals surface area (Å²) in [5, 5.41) is 5.83. The fourth-order valence-corrected chi connectivity index (χ4v) is 4.54. The van der Waals surface area contributed by atoms with Crippen LogP contribution in [0.5, 0.6) is 0 Å². The number of hydrogen-bond donors (Lipinski definition) is 2. The minimum absolute atomic E-state index is 0.0759. The van der Waals surface area contributed by atoms with Crippen molar-refractivity contribution >= 4 is 17.8 Å². The fourth-order valence-electron chi connectivity index (χ4n) is 4.54. The van der Waals surface area contributed by atoms with Gasteiger partial charge >= 0.3 is 5.97 Å². The third kappa shape index (κ3) is 15.9. The molecule has 1 heterocycles. The van der Waals surface area contributed by atoms with Crippen molar-refractivity contribution in [2.45, 2.75) is 149 Å². The van der Waals surface area contributed by atoms with Crippen molar-refractivity contribution < 1.29 is 23.9 Å². The lowest BCUT2D eigenvalue weighted by Gasteiger charge is -2.24. The second-order valence-electron chi connectivity index (χ2n) is 10.5. The predicted octanol–water partition coefficient (Wildman–Crippen LogP) is 5.79. The summed E-state index contributed by atoms with van der Waals surface area (Å²) in [6.45, 7) is 8.05. The highest BCUT2D eigenvalue weighted by Crippen LogP contribution is 2.17. The maximum Gasteiger partial charge on any atom is 0.305 e. The van der Waals surface area contributed by atoms with Gasteiger partial charge in [-0.05, 0) is 25.2 Å². The highest BCUT2D eigenvalue weighted by Gasteiger charge is 2.34. The topological polar surface area (TPSA) is 93.7 Å². The van der Waals surface area contributed by atoms with E-state index in [4.69, 9.17) is 9.47 Å². The molecule has 0 aromatic rings. The smallest absolute Gasteiger partial charge is 0.305 e. The van der Waals surface area contributed by atoms with Gasteiger partial charge in [0.25, 0.3) is 0 Å². The predicted molar refractivity (Wildman–Crippen MR) is 140 cm³/mol. The Hall–Kier alpha value is -1.63. The number of hydrogen-bond acceptors (Lipinski definition) is 5. The zero-order valence-corrected chi connectivity index (χ0v) is 22.9. The standard InChI is InChI=1S/C28H52N2O5/c1-5-6-7-8-9-10-11-12-13-14-15-16-17-18-26(32)29-25(21-22(2)3)27(33)30-24-19-20-34-28(24)35-23(4)31/h22,24-25,28H,5-21H2,1-4H3,(H,29,32)(H,30,33)/t24-,25-,28-/m0/s1. The van der Waals surface area contributed by atoms with Crippen molar-refractivity contribution in [1.29, 1.82) is 0 Å². The monoisotopic (exact) mass is 496 g/mol. The van der Waals surface area contributed by atoms with Crippen molar-refractivity contribution in [2.75, 3.05) is 6.61 Å². The van der Waals surface area contributed by atoms with E-state index in [1.165, 1.54) is 77.6 Å². The van der Waals surface area contributed by atoms with Crippen LogP contribution in [-0.2, 0) is 23.9 Å². The molecule has 1 saturated heterocycles. The van der Waals surface area contributed by atoms with Gasteiger partial charge in [-0.1, -0.05) is 97.8 Å². The summed E-state index contributed by atoms with van der Waals surface area (Å²) in [4.78, 5) is 36.6. The van der Waals surface area contributed by atoms with Crippen molar-refractivity contribution in [1.82, 2.24) is 10.6 Å². The van der Waals surface area contributed by atoms with Gasteiger partial charge in [0.2, 0.25) is 18.1 Å². The third-order valence-corrected chi connectivity index (χ3v) is 6.52. The molecule has 35 heavy (non-hydrogen) atoms. The summed E-state index contributed by atoms with van der Waals surface area (Å²) in [5.74, 6) is -0.509. The van der Waals surface area contributed by atoms with Gasteiger partial charge in [0.05, 0.1) is 12.6 Å². The number of rotatable bonds is 20. The molecular weight excluding hydrogens is 444 g/mol. The first kappa shape index (κ1) is 31.4. The Balaban J connectivity index is 2.21. The van der Waals surface area contributed by atoms with E-state index >= 15 is 0 Å². The average molecular weight is 497 g/mol. The molecule has 0 unspecified atom stereocenters. The molecule has 204 valence electrons. The number of nitrogens with one attached hydrogen (secondary N) is 2. The maximum absolute atomic E-state index is 12.9. The minimum atomic E-state index is -0.766. The van der Waals surface area contributed by atoms with Crippen LogP contribution in [0.3, 0.4) is 0 Å². The Morgan fingerprint density at radius 2 is 1.43 bits per heavy atom. The van der Waals surface area contributed by atoms with Crippen LogP contribution in [-0.4, -0.2) is 42.8 Å². The average Bonchev–Trinajstić information content (AvgIpc) is 3.21. The second-order valence-corrected chi connectivity index (χ2v) is 10.5. The summed E-state index contributed by atoms with van der Waals surface area (Å²) in [6.07, 6.45) is 17.3. The molecule has 2 N–H and O–H groups in total. The molecule has 0 aromatic carbocycles. The van der Waals surface area contributed by atoms with Crippen LogP contribution in [0.4, 0.5) is 0 Å². The molecular formula is C28H52N2O5. The fraction of sp³-hybridized carbons (Fsp3) is 0.893. The Morgan fingerprint density at radius 1 is 0.886 bits per heavy atom. The van der Waals surface area contributed by atoms with E-state index in [9.17, 15) is 14.4 Å². The van der Waals surface area contributed by atoms with Gasteiger partial charge < -0.3 is 20.1 Å². The zero-order valence-electron chi connectivity index (χ0n) is 22.9. The molecule has 3 atom stereocenters. The zero-order chi connectivity index (χ0) is 25.9. The Labute approximate surface area is 213 Å². The van der Waals surface area contributed by atoms with Gasteiger partial charge in [-0.3, -0.25) is 14.4 Å². The molecule has 0 radical (unpaired) electrons. The molecule has 0 aromatic heterocycles. The Kier molecular flexibility index (Phi) is 17.5. The summed E-state index contributed by atoms with van der Waals surface area (Å²) in [5.41, 5.74) is 0. The molecule has 2 amide bonds. The number of ether oxygens (including phenoxy) is 2. The lowest BCUT2D eigenvalue weighted by Crippen LogP contribution is -2.52. The van der Waals surface area contributed by atoms with Gasteiger partial charge in [-0.15, -0.1) is 0 Å². The van der Waals surface area contributed by atoms with E-state index in [0.717, 1.165) is 12.8 Å². The number of carbonyl (C=O) groups excluding carboxylic acids is 3. The largest absolute Gasteiger partial charge is 0.434 e. The molecule has 7 nitrogen and oxygen atoms in total. The highest BCUT2D eigenvalue weighted by molar-refractivity contribution is 5.87. The van der Waals surface area contributed by atoms with Crippen molar-refractivity contribution in [2.24, 2.45) is 5.92 Å². The molecule has 0 spiro atoms. The van der Waals surface area contributed by atoms with Crippen LogP contribution in [0, 0.1) is 5.92 Å². The van der Waals surface area contributed by atoms with Gasteiger partial charge in [0, 0.05) is 13.3 Å². The van der Waals surface area contributed by atoms with E-state index in [-0.39, 0.29) is 23.8 Å². The molecule has 0 saturated carbocycles. The number of unbranched alkanes of at least 4 members (excludes halogenated alkanes) is 12. The van der Waals surface area contributed by atoms with Gasteiger partial charge in [-0.25, -0.2) is 0 Å². The van der Waals surface area contributed by atoms with Crippen LogP contribution in [0.25, 0.3) is 0 Å². The molecule has 1 aliphatic rings. The van der Waals surface area contributed by atoms with Crippen LogP contribution in [0.2, 0.25) is 0 Å². The second kappa shape index (κ2) is 19.5. The van der Waals surface area contributed by atoms with E-state index in [1.54, 1.807) is 0 Å². The van der Waals surface area contributed by atoms with Gasteiger partial charge in [-0.2, -0.15) is 0 Å². The molecule has 1 aliphatic heterocycles. The van der Waals surface area contributed by atoms with Gasteiger partial charge in [0.1, 0.15) is 6.04 Å². The van der Waals surface area contributed by atoms with Crippen LogP contribution < -0.4 is 10.6 Å². The summed E-state index contributed by atoms with van der Waals surface area (Å²) in [6, 6.07) is -0.984. The normalized spacial score (nSPS) is 18.4. The van der Waals surface area contributed by atoms with E-state index in [0.29, 0.717) is 25.9 Å². The van der Waals surface area contributed by atoms with Crippen LogP contribution >= 0.6 is 0 Å². The van der Waals surface area contributed by atoms with Crippen molar-refractivity contribution in [3.63, 3.8) is 0 Å². The number of carbonyl (C=O) groups is 3. The molecule has 0 aliphatic carbocycles. The van der Waals surface area contributed by atoms with Crippen molar-refractivity contribution in [3.05, 3.63) is 0 Å². The lowest BCUT2D eigenvalue weighted by molar-refractivity contribution is -0.170. The van der Waals surface area contributed by atoms with E-state index in [2.05, 4.69) is 17.6 Å². The maximum atomic E-state index is 12.9. The highest BCUT2D eigenvalue weighted by atomic mass is 16.7. The summed E-state index contributed by atoms with van der Waals surface area (Å²) >= 11 is 0. The molecule has 7 heteroatoms. The first-order valence-electron chi connectivity index (χ1n) is 14.2. The summed E-state index contributed by atoms with van der Waals surface area (Å²) in [7, 11) is 0. The third-order valence-electron chi connectivity index (χ3n) is 6.52. The number of amides is 2. The Morgan fingerprint density at radius 3 is 1.94 bits per heavy atom. The SMILES string of the molecule is CCCCCCCCCCCCCCCC(=O)N[C@@H](CC(C)C)C(=O)N[C@H]1CCO[C@H]1OC(C)=O. The van der Waals surface area contributed by atoms with E-state index in [1.807, 2.05) is 13.8 Å². The minimum Gasteiger partial charge on any atom is -0.434 e. The quantitative estimate of drug-likeness (QED) is 0.164. The first-order valence-corrected chi connectivity index (χ1v) is 14.2. The summed E-state index contributed by atoms with van der Waals surface area (Å²) < 4.78 is 10.5.